The second-order valence-corrected chi connectivity index (χ2v) is 8.88. The summed E-state index contributed by atoms with van der Waals surface area (Å²) in [6, 6.07) is 13.2. The van der Waals surface area contributed by atoms with Crippen LogP contribution in [0.3, 0.4) is 0 Å². The molecule has 4 aromatic rings. The van der Waals surface area contributed by atoms with E-state index in [0.717, 1.165) is 24.3 Å². The van der Waals surface area contributed by atoms with Gasteiger partial charge in [0.05, 0.1) is 39.6 Å². The summed E-state index contributed by atoms with van der Waals surface area (Å²) in [5.41, 5.74) is 3.10. The van der Waals surface area contributed by atoms with Gasteiger partial charge in [0.25, 0.3) is 0 Å². The molecule has 44 heavy (non-hydrogen) atoms. The van der Waals surface area contributed by atoms with Crippen LogP contribution in [-0.4, -0.2) is 22.5 Å². The molecule has 0 fully saturated rings. The number of primary amides is 1. The highest BCUT2D eigenvalue weighted by atomic mass is 19.4. The second kappa shape index (κ2) is 12.2. The van der Waals surface area contributed by atoms with Gasteiger partial charge in [0.15, 0.2) is 0 Å². The van der Waals surface area contributed by atoms with Gasteiger partial charge in [0, 0.05) is 11.1 Å². The lowest BCUT2D eigenvalue weighted by Gasteiger charge is -2.13. The van der Waals surface area contributed by atoms with Gasteiger partial charge in [-0.15, -0.1) is 0 Å². The molecule has 0 saturated carbocycles. The average Bonchev–Trinajstić information content (AvgIpc) is 2.95. The molecule has 0 radical (unpaired) electrons. The summed E-state index contributed by atoms with van der Waals surface area (Å²) in [5, 5.41) is 36.6. The van der Waals surface area contributed by atoms with Crippen molar-refractivity contribution in [2.75, 3.05) is 5.32 Å². The number of nitrogens with one attached hydrogen (secondary N) is 1. The van der Waals surface area contributed by atoms with Crippen molar-refractivity contribution in [1.29, 1.82) is 0 Å². The molecule has 0 atom stereocenters. The quantitative estimate of drug-likeness (QED) is 0.0890. The molecule has 0 aliphatic carbocycles. The van der Waals surface area contributed by atoms with Crippen LogP contribution in [0.1, 0.15) is 21.5 Å². The van der Waals surface area contributed by atoms with Gasteiger partial charge in [-0.2, -0.15) is 46.8 Å². The summed E-state index contributed by atoms with van der Waals surface area (Å²) in [5.74, 6) is -2.89. The molecule has 4 aromatic carbocycles. The number of carbonyl (C=O) groups excluding carboxylic acids is 2. The van der Waals surface area contributed by atoms with Crippen LogP contribution in [0, 0.1) is 0 Å². The van der Waals surface area contributed by atoms with Crippen molar-refractivity contribution >= 4 is 40.8 Å². The average molecular weight is 616 g/mol. The van der Waals surface area contributed by atoms with E-state index in [1.807, 2.05) is 0 Å². The number of alkyl halides is 6. The first-order valence-electron chi connectivity index (χ1n) is 12.1. The smallest absolute Gasteiger partial charge is 0.420 e. The monoisotopic (exact) mass is 616 g/mol. The lowest BCUT2D eigenvalue weighted by molar-refractivity contribution is -0.139. The molecule has 5 N–H and O–H groups in total. The third-order valence-corrected chi connectivity index (χ3v) is 5.91. The number of phenolic OH excluding ortho intramolecular Hbond substituents is 2. The van der Waals surface area contributed by atoms with E-state index < -0.39 is 40.9 Å². The molecule has 0 spiro atoms. The summed E-state index contributed by atoms with van der Waals surface area (Å²) < 4.78 is 78.4. The number of aromatic hydroxyl groups is 2. The SMILES string of the molecule is NC(=O)c1cc(N=Nc2ccc(O)c(C(F)(F)F)c2)ccc1-c1ccc(N=Nc2ccc(O)c(C(F)(F)F)c2)cc1NC=O. The van der Waals surface area contributed by atoms with Crippen molar-refractivity contribution < 1.29 is 46.1 Å². The molecule has 4 rings (SSSR count). The maximum absolute atomic E-state index is 13.1. The molecule has 0 aliphatic rings. The molecule has 10 nitrogen and oxygen atoms in total. The lowest BCUT2D eigenvalue weighted by atomic mass is 9.96. The Bertz CT molecular complexity index is 1800. The molecular weight excluding hydrogens is 598 g/mol. The third kappa shape index (κ3) is 7.15. The van der Waals surface area contributed by atoms with Gasteiger partial charge in [0.2, 0.25) is 12.3 Å². The topological polar surface area (TPSA) is 162 Å². The number of hydrogen-bond acceptors (Lipinski definition) is 8. The Balaban J connectivity index is 1.67. The number of phenols is 2. The number of nitrogens with zero attached hydrogens (tertiary/aromatic N) is 4. The van der Waals surface area contributed by atoms with Crippen molar-refractivity contribution in [2.24, 2.45) is 26.2 Å². The number of anilines is 1. The zero-order valence-corrected chi connectivity index (χ0v) is 21.9. The Hall–Kier alpha value is -5.80. The zero-order valence-electron chi connectivity index (χ0n) is 21.9. The number of amides is 2. The minimum atomic E-state index is -4.83. The molecule has 0 saturated heterocycles. The van der Waals surface area contributed by atoms with Crippen molar-refractivity contribution in [2.45, 2.75) is 12.4 Å². The number of benzene rings is 4. The fraction of sp³-hybridized carbons (Fsp3) is 0.0714. The van der Waals surface area contributed by atoms with E-state index in [1.54, 1.807) is 0 Å². The number of rotatable bonds is 8. The van der Waals surface area contributed by atoms with Gasteiger partial charge in [-0.25, -0.2) is 0 Å². The largest absolute Gasteiger partial charge is 0.507 e. The molecule has 2 amide bonds. The Morgan fingerprint density at radius 3 is 1.50 bits per heavy atom. The van der Waals surface area contributed by atoms with Crippen LogP contribution < -0.4 is 11.1 Å². The fourth-order valence-electron chi connectivity index (χ4n) is 3.90. The molecule has 0 unspecified atom stereocenters. The highest BCUT2D eigenvalue weighted by Gasteiger charge is 2.35. The highest BCUT2D eigenvalue weighted by molar-refractivity contribution is 6.03. The van der Waals surface area contributed by atoms with Gasteiger partial charge in [-0.1, -0.05) is 12.1 Å². The van der Waals surface area contributed by atoms with Crippen LogP contribution >= 0.6 is 0 Å². The Morgan fingerprint density at radius 1 is 0.659 bits per heavy atom. The molecule has 0 bridgehead atoms. The third-order valence-electron chi connectivity index (χ3n) is 5.91. The minimum absolute atomic E-state index is 0.0339. The van der Waals surface area contributed by atoms with Crippen LogP contribution in [0.4, 0.5) is 54.8 Å². The van der Waals surface area contributed by atoms with E-state index in [1.165, 1.54) is 36.4 Å². The minimum Gasteiger partial charge on any atom is -0.507 e. The predicted octanol–water partition coefficient (Wildman–Crippen LogP) is 8.30. The Morgan fingerprint density at radius 2 is 1.07 bits per heavy atom. The summed E-state index contributed by atoms with van der Waals surface area (Å²) in [4.78, 5) is 23.6. The summed E-state index contributed by atoms with van der Waals surface area (Å²) >= 11 is 0. The number of carbonyl (C=O) groups is 2. The first-order chi connectivity index (χ1) is 20.7. The maximum Gasteiger partial charge on any atom is 0.420 e. The van der Waals surface area contributed by atoms with Gasteiger partial charge >= 0.3 is 12.4 Å². The fourth-order valence-corrected chi connectivity index (χ4v) is 3.90. The van der Waals surface area contributed by atoms with Gasteiger partial charge in [0.1, 0.15) is 11.5 Å². The van der Waals surface area contributed by atoms with Crippen molar-refractivity contribution in [3.05, 3.63) is 89.5 Å². The Kier molecular flexibility index (Phi) is 8.64. The van der Waals surface area contributed by atoms with Crippen molar-refractivity contribution in [1.82, 2.24) is 0 Å². The van der Waals surface area contributed by atoms with E-state index in [9.17, 15) is 46.1 Å². The normalized spacial score (nSPS) is 12.1. The van der Waals surface area contributed by atoms with Crippen LogP contribution in [0.2, 0.25) is 0 Å². The molecule has 0 heterocycles. The van der Waals surface area contributed by atoms with E-state index in [0.29, 0.717) is 18.5 Å². The lowest BCUT2D eigenvalue weighted by Crippen LogP contribution is -2.12. The standard InChI is InChI=1S/C28H18F6N6O4/c29-27(30,31)21-10-15(3-7-24(21)42)38-37-14-1-5-18(20(9-14)26(35)44)19-6-2-17(12-23(19)36-13-41)40-39-16-4-8-25(43)22(11-16)28(32,33)34/h1-13,42-43H,(H2,35,44)(H,36,41). The number of nitrogens with two attached hydrogens (primary N) is 1. The maximum atomic E-state index is 13.1. The van der Waals surface area contributed by atoms with E-state index >= 15 is 0 Å². The first-order valence-corrected chi connectivity index (χ1v) is 12.1. The molecule has 226 valence electrons. The van der Waals surface area contributed by atoms with Gasteiger partial charge < -0.3 is 21.3 Å². The molecular formula is C28H18F6N6O4. The molecule has 0 aliphatic heterocycles. The Labute approximate surface area is 243 Å². The van der Waals surface area contributed by atoms with Crippen molar-refractivity contribution in [3.8, 4) is 22.6 Å². The summed E-state index contributed by atoms with van der Waals surface area (Å²) in [6.45, 7) is 0. The molecule has 16 heteroatoms. The van der Waals surface area contributed by atoms with Crippen LogP contribution in [0.5, 0.6) is 11.5 Å². The van der Waals surface area contributed by atoms with Crippen molar-refractivity contribution in [3.63, 3.8) is 0 Å². The summed E-state index contributed by atoms with van der Waals surface area (Å²) in [6.07, 6.45) is -9.33. The van der Waals surface area contributed by atoms with E-state index in [4.69, 9.17) is 5.73 Å². The van der Waals surface area contributed by atoms with Crippen LogP contribution in [0.15, 0.2) is 93.3 Å². The number of halogens is 6. The van der Waals surface area contributed by atoms with Crippen LogP contribution in [-0.2, 0) is 17.1 Å². The van der Waals surface area contributed by atoms with Gasteiger partial charge in [-0.3, -0.25) is 9.59 Å². The van der Waals surface area contributed by atoms with Gasteiger partial charge in [-0.05, 0) is 66.2 Å². The second-order valence-electron chi connectivity index (χ2n) is 8.88. The van der Waals surface area contributed by atoms with Crippen LogP contribution in [0.25, 0.3) is 11.1 Å². The van der Waals surface area contributed by atoms with E-state index in [-0.39, 0.29) is 45.1 Å². The predicted molar refractivity (Wildman–Crippen MR) is 145 cm³/mol. The summed E-state index contributed by atoms with van der Waals surface area (Å²) in [7, 11) is 0. The zero-order chi connectivity index (χ0) is 32.2. The first kappa shape index (κ1) is 31.1. The number of hydrogen-bond donors (Lipinski definition) is 4. The van der Waals surface area contributed by atoms with E-state index in [2.05, 4.69) is 25.8 Å². The highest BCUT2D eigenvalue weighted by Crippen LogP contribution is 2.40. The molecule has 0 aromatic heterocycles. The number of azo groups is 2.